The number of nitrogens with zero attached hydrogens (tertiary/aromatic N) is 2. The second-order valence-corrected chi connectivity index (χ2v) is 6.35. The Labute approximate surface area is 164 Å². The minimum atomic E-state index is -0.285. The fourth-order valence-electron chi connectivity index (χ4n) is 2.94. The summed E-state index contributed by atoms with van der Waals surface area (Å²) < 4.78 is 13.7. The molecular weight excluding hydrogens is 355 g/mol. The van der Waals surface area contributed by atoms with Crippen LogP contribution in [-0.4, -0.2) is 15.9 Å². The zero-order valence-electron chi connectivity index (χ0n) is 16.0. The third-order valence-electron chi connectivity index (χ3n) is 4.55. The predicted octanol–water partition coefficient (Wildman–Crippen LogP) is 4.60. The molecule has 6 heteroatoms. The lowest BCUT2D eigenvalue weighted by molar-refractivity contribution is 0.102. The van der Waals surface area contributed by atoms with E-state index in [9.17, 15) is 9.18 Å². The number of para-hydroxylation sites is 1. The molecule has 0 fully saturated rings. The van der Waals surface area contributed by atoms with Crippen molar-refractivity contribution in [3.63, 3.8) is 0 Å². The molecule has 1 heterocycles. The van der Waals surface area contributed by atoms with Gasteiger partial charge in [0.2, 0.25) is 5.95 Å². The molecule has 1 amide bonds. The number of rotatable bonds is 7. The number of aromatic nitrogens is 2. The number of aryl methyl sites for hydroxylation is 2. The highest BCUT2D eigenvalue weighted by atomic mass is 19.1. The van der Waals surface area contributed by atoms with E-state index in [0.29, 0.717) is 17.1 Å². The molecule has 0 atom stereocenters. The van der Waals surface area contributed by atoms with Gasteiger partial charge in [0.15, 0.2) is 0 Å². The highest BCUT2D eigenvalue weighted by Crippen LogP contribution is 2.23. The number of hydrogen-bond donors (Lipinski definition) is 2. The number of amides is 1. The fraction of sp³-hybridized carbons (Fsp3) is 0.227. The van der Waals surface area contributed by atoms with Crippen LogP contribution in [0.4, 0.5) is 16.0 Å². The normalized spacial score (nSPS) is 10.5. The summed E-state index contributed by atoms with van der Waals surface area (Å²) in [7, 11) is 0. The lowest BCUT2D eigenvalue weighted by Gasteiger charge is -2.14. The van der Waals surface area contributed by atoms with E-state index in [1.807, 2.05) is 18.2 Å². The van der Waals surface area contributed by atoms with E-state index in [1.165, 1.54) is 18.5 Å². The van der Waals surface area contributed by atoms with Crippen molar-refractivity contribution in [2.24, 2.45) is 0 Å². The number of benzene rings is 2. The van der Waals surface area contributed by atoms with E-state index in [1.54, 1.807) is 18.2 Å². The van der Waals surface area contributed by atoms with Gasteiger partial charge in [-0.15, -0.1) is 0 Å². The van der Waals surface area contributed by atoms with Crippen molar-refractivity contribution in [2.45, 2.75) is 33.2 Å². The molecule has 0 unspecified atom stereocenters. The molecule has 0 radical (unpaired) electrons. The third kappa shape index (κ3) is 4.52. The van der Waals surface area contributed by atoms with Gasteiger partial charge in [-0.25, -0.2) is 14.4 Å². The Bertz CT molecular complexity index is 935. The average molecular weight is 378 g/mol. The molecule has 0 aliphatic rings. The van der Waals surface area contributed by atoms with Crippen LogP contribution < -0.4 is 10.6 Å². The van der Waals surface area contributed by atoms with E-state index in [0.717, 1.165) is 29.7 Å². The average Bonchev–Trinajstić information content (AvgIpc) is 2.73. The quantitative estimate of drug-likeness (QED) is 0.630. The van der Waals surface area contributed by atoms with Crippen molar-refractivity contribution in [3.05, 3.63) is 82.9 Å². The molecule has 2 aromatic carbocycles. The van der Waals surface area contributed by atoms with E-state index in [-0.39, 0.29) is 18.3 Å². The molecule has 0 aliphatic carbocycles. The number of halogens is 1. The molecule has 0 spiro atoms. The standard InChI is InChI=1S/C22H23FN4O/c1-3-15-9-7-10-16(4-2)20(15)27-21(28)18-13-25-22(26-14-18)24-12-17-8-5-6-11-19(17)23/h5-11,13-14H,3-4,12H2,1-2H3,(H,27,28)(H,24,25,26). The van der Waals surface area contributed by atoms with Crippen LogP contribution >= 0.6 is 0 Å². The zero-order valence-corrected chi connectivity index (χ0v) is 16.0. The first-order valence-corrected chi connectivity index (χ1v) is 9.33. The Morgan fingerprint density at radius 1 is 0.929 bits per heavy atom. The van der Waals surface area contributed by atoms with Gasteiger partial charge in [-0.2, -0.15) is 0 Å². The number of anilines is 2. The summed E-state index contributed by atoms with van der Waals surface area (Å²) in [4.78, 5) is 21.0. The van der Waals surface area contributed by atoms with Gasteiger partial charge in [-0.05, 0) is 30.0 Å². The zero-order chi connectivity index (χ0) is 19.9. The Kier molecular flexibility index (Phi) is 6.32. The number of carbonyl (C=O) groups excluding carboxylic acids is 1. The van der Waals surface area contributed by atoms with Crippen LogP contribution in [0.3, 0.4) is 0 Å². The molecule has 0 bridgehead atoms. The summed E-state index contributed by atoms with van der Waals surface area (Å²) >= 11 is 0. The third-order valence-corrected chi connectivity index (χ3v) is 4.55. The van der Waals surface area contributed by atoms with Gasteiger partial charge in [0, 0.05) is 30.2 Å². The second kappa shape index (κ2) is 9.08. The summed E-state index contributed by atoms with van der Waals surface area (Å²) in [6, 6.07) is 12.6. The summed E-state index contributed by atoms with van der Waals surface area (Å²) in [5.74, 6) is -0.202. The van der Waals surface area contributed by atoms with Crippen LogP contribution in [0.1, 0.15) is 40.9 Å². The van der Waals surface area contributed by atoms with Crippen LogP contribution in [0.5, 0.6) is 0 Å². The van der Waals surface area contributed by atoms with E-state index in [2.05, 4.69) is 34.4 Å². The van der Waals surface area contributed by atoms with E-state index >= 15 is 0 Å². The summed E-state index contributed by atoms with van der Waals surface area (Å²) in [5.41, 5.74) is 3.94. The highest BCUT2D eigenvalue weighted by Gasteiger charge is 2.13. The molecule has 0 saturated heterocycles. The Morgan fingerprint density at radius 2 is 1.54 bits per heavy atom. The van der Waals surface area contributed by atoms with Crippen molar-refractivity contribution in [1.29, 1.82) is 0 Å². The van der Waals surface area contributed by atoms with Crippen LogP contribution in [-0.2, 0) is 19.4 Å². The molecule has 5 nitrogen and oxygen atoms in total. The Balaban J connectivity index is 1.68. The number of carbonyl (C=O) groups is 1. The maximum atomic E-state index is 13.7. The Hall–Kier alpha value is -3.28. The van der Waals surface area contributed by atoms with Crippen molar-refractivity contribution < 1.29 is 9.18 Å². The minimum Gasteiger partial charge on any atom is -0.350 e. The maximum absolute atomic E-state index is 13.7. The van der Waals surface area contributed by atoms with Gasteiger partial charge >= 0.3 is 0 Å². The molecule has 3 rings (SSSR count). The van der Waals surface area contributed by atoms with Crippen LogP contribution in [0, 0.1) is 5.82 Å². The Morgan fingerprint density at radius 3 is 2.14 bits per heavy atom. The first kappa shape index (κ1) is 19.5. The summed E-state index contributed by atoms with van der Waals surface area (Å²) in [5, 5.41) is 5.95. The molecule has 3 aromatic rings. The molecule has 144 valence electrons. The largest absolute Gasteiger partial charge is 0.350 e. The van der Waals surface area contributed by atoms with Crippen molar-refractivity contribution in [3.8, 4) is 0 Å². The molecule has 0 saturated carbocycles. The minimum absolute atomic E-state index is 0.253. The van der Waals surface area contributed by atoms with Crippen molar-refractivity contribution >= 4 is 17.5 Å². The smallest absolute Gasteiger partial charge is 0.258 e. The molecule has 2 N–H and O–H groups in total. The molecule has 28 heavy (non-hydrogen) atoms. The van der Waals surface area contributed by atoms with Gasteiger partial charge in [-0.1, -0.05) is 50.2 Å². The van der Waals surface area contributed by atoms with Crippen molar-refractivity contribution in [1.82, 2.24) is 9.97 Å². The van der Waals surface area contributed by atoms with Crippen molar-refractivity contribution in [2.75, 3.05) is 10.6 Å². The molecular formula is C22H23FN4O. The van der Waals surface area contributed by atoms with Gasteiger partial charge in [0.25, 0.3) is 5.91 Å². The van der Waals surface area contributed by atoms with Gasteiger partial charge in [-0.3, -0.25) is 4.79 Å². The second-order valence-electron chi connectivity index (χ2n) is 6.35. The van der Waals surface area contributed by atoms with E-state index in [4.69, 9.17) is 0 Å². The number of nitrogens with one attached hydrogen (secondary N) is 2. The molecule has 0 aliphatic heterocycles. The van der Waals surface area contributed by atoms with E-state index < -0.39 is 0 Å². The lowest BCUT2D eigenvalue weighted by atomic mass is 10.0. The first-order chi connectivity index (χ1) is 13.6. The SMILES string of the molecule is CCc1cccc(CC)c1NC(=O)c1cnc(NCc2ccccc2F)nc1. The van der Waals surface area contributed by atoms with Gasteiger partial charge in [0.05, 0.1) is 5.56 Å². The lowest BCUT2D eigenvalue weighted by Crippen LogP contribution is -2.16. The number of hydrogen-bond acceptors (Lipinski definition) is 4. The maximum Gasteiger partial charge on any atom is 0.258 e. The van der Waals surface area contributed by atoms with Crippen LogP contribution in [0.25, 0.3) is 0 Å². The highest BCUT2D eigenvalue weighted by molar-refractivity contribution is 6.04. The molecule has 1 aromatic heterocycles. The van der Waals surface area contributed by atoms with Gasteiger partial charge in [0.1, 0.15) is 5.82 Å². The fourth-order valence-corrected chi connectivity index (χ4v) is 2.94. The monoisotopic (exact) mass is 378 g/mol. The van der Waals surface area contributed by atoms with Crippen LogP contribution in [0.2, 0.25) is 0 Å². The topological polar surface area (TPSA) is 66.9 Å². The van der Waals surface area contributed by atoms with Crippen LogP contribution in [0.15, 0.2) is 54.9 Å². The van der Waals surface area contributed by atoms with Gasteiger partial charge < -0.3 is 10.6 Å². The predicted molar refractivity (Wildman–Crippen MR) is 109 cm³/mol. The first-order valence-electron chi connectivity index (χ1n) is 9.33. The summed E-state index contributed by atoms with van der Waals surface area (Å²) in [6.45, 7) is 4.38. The summed E-state index contributed by atoms with van der Waals surface area (Å²) in [6.07, 6.45) is 4.59.